The number of aromatic nitrogens is 3. The first-order valence-corrected chi connectivity index (χ1v) is 6.94. The van der Waals surface area contributed by atoms with Crippen molar-refractivity contribution in [2.24, 2.45) is 0 Å². The van der Waals surface area contributed by atoms with E-state index in [1.54, 1.807) is 6.07 Å². The molecule has 2 N–H and O–H groups in total. The van der Waals surface area contributed by atoms with Crippen molar-refractivity contribution < 1.29 is 4.92 Å². The number of nitro benzene ring substituents is 1. The molecule has 4 rings (SSSR count). The van der Waals surface area contributed by atoms with E-state index in [1.165, 1.54) is 18.5 Å². The number of aromatic amines is 1. The zero-order valence-electron chi connectivity index (χ0n) is 11.9. The van der Waals surface area contributed by atoms with Crippen LogP contribution < -0.4 is 5.32 Å². The maximum atomic E-state index is 11.0. The Balaban J connectivity index is 1.80. The molecule has 7 heteroatoms. The molecular formula is C16H11N5O2. The molecule has 2 aromatic carbocycles. The first-order chi connectivity index (χ1) is 11.2. The number of nitro groups is 1. The van der Waals surface area contributed by atoms with Gasteiger partial charge in [-0.25, -0.2) is 9.97 Å². The van der Waals surface area contributed by atoms with Gasteiger partial charge in [0, 0.05) is 40.3 Å². The van der Waals surface area contributed by atoms with Gasteiger partial charge >= 0.3 is 0 Å². The first kappa shape index (κ1) is 13.2. The zero-order valence-corrected chi connectivity index (χ0v) is 11.9. The molecule has 0 saturated carbocycles. The summed E-state index contributed by atoms with van der Waals surface area (Å²) in [6.07, 6.45) is 3.31. The molecule has 0 amide bonds. The number of non-ortho nitro benzene ring substituents is 1. The summed E-state index contributed by atoms with van der Waals surface area (Å²) in [5.74, 6) is 0.536. The number of benzene rings is 2. The predicted octanol–water partition coefficient (Wildman–Crippen LogP) is 3.76. The lowest BCUT2D eigenvalue weighted by Gasteiger charge is -2.08. The minimum absolute atomic E-state index is 0.0106. The molecular weight excluding hydrogens is 294 g/mol. The van der Waals surface area contributed by atoms with Gasteiger partial charge in [-0.2, -0.15) is 0 Å². The van der Waals surface area contributed by atoms with Crippen LogP contribution in [0, 0.1) is 10.1 Å². The Bertz CT molecular complexity index is 1040. The van der Waals surface area contributed by atoms with Gasteiger partial charge in [-0.3, -0.25) is 10.1 Å². The van der Waals surface area contributed by atoms with E-state index in [4.69, 9.17) is 0 Å². The van der Waals surface area contributed by atoms with Crippen molar-refractivity contribution in [1.82, 2.24) is 15.0 Å². The van der Waals surface area contributed by atoms with E-state index in [-0.39, 0.29) is 5.69 Å². The normalized spacial score (nSPS) is 11.0. The van der Waals surface area contributed by atoms with E-state index in [0.29, 0.717) is 16.7 Å². The molecule has 0 spiro atoms. The number of fused-ring (bicyclic) bond motifs is 2. The zero-order chi connectivity index (χ0) is 15.8. The first-order valence-electron chi connectivity index (χ1n) is 6.94. The summed E-state index contributed by atoms with van der Waals surface area (Å²) in [5, 5.41) is 15.9. The SMILES string of the molecule is O=[N+]([O-])c1ccc2ncnc(Nc3ccc4[nH]ccc4c3)c2c1. The number of hydrogen-bond donors (Lipinski definition) is 2. The van der Waals surface area contributed by atoms with Gasteiger partial charge in [0.05, 0.1) is 10.4 Å². The van der Waals surface area contributed by atoms with Crippen LogP contribution in [0.25, 0.3) is 21.8 Å². The maximum absolute atomic E-state index is 11.0. The van der Waals surface area contributed by atoms with Crippen molar-refractivity contribution in [3.8, 4) is 0 Å². The Labute approximate surface area is 130 Å². The Morgan fingerprint density at radius 1 is 1.09 bits per heavy atom. The monoisotopic (exact) mass is 305 g/mol. The van der Waals surface area contributed by atoms with Crippen molar-refractivity contribution in [1.29, 1.82) is 0 Å². The van der Waals surface area contributed by atoms with Gasteiger partial charge in [0.15, 0.2) is 0 Å². The molecule has 4 aromatic rings. The molecule has 0 aliphatic rings. The number of rotatable bonds is 3. The topological polar surface area (TPSA) is 96.7 Å². The molecule has 0 radical (unpaired) electrons. The number of nitrogens with zero attached hydrogens (tertiary/aromatic N) is 3. The number of hydrogen-bond acceptors (Lipinski definition) is 5. The van der Waals surface area contributed by atoms with Gasteiger partial charge in [-0.1, -0.05) is 0 Å². The van der Waals surface area contributed by atoms with Crippen LogP contribution >= 0.6 is 0 Å². The van der Waals surface area contributed by atoms with E-state index in [2.05, 4.69) is 20.3 Å². The standard InChI is InChI=1S/C16H11N5O2/c22-21(23)12-2-4-15-13(8-12)16(19-9-18-15)20-11-1-3-14-10(7-11)5-6-17-14/h1-9,17H,(H,18,19,20). The van der Waals surface area contributed by atoms with Gasteiger partial charge in [-0.05, 0) is 30.3 Å². The Morgan fingerprint density at radius 3 is 2.87 bits per heavy atom. The number of anilines is 2. The largest absolute Gasteiger partial charge is 0.361 e. The van der Waals surface area contributed by atoms with Gasteiger partial charge in [0.1, 0.15) is 12.1 Å². The molecule has 0 bridgehead atoms. The van der Waals surface area contributed by atoms with Crippen LogP contribution in [-0.4, -0.2) is 19.9 Å². The van der Waals surface area contributed by atoms with E-state index in [1.807, 2.05) is 30.5 Å². The molecule has 0 atom stereocenters. The molecule has 0 fully saturated rings. The van der Waals surface area contributed by atoms with Gasteiger partial charge in [-0.15, -0.1) is 0 Å². The Kier molecular flexibility index (Phi) is 2.90. The second-order valence-electron chi connectivity index (χ2n) is 5.09. The average molecular weight is 305 g/mol. The lowest BCUT2D eigenvalue weighted by molar-refractivity contribution is -0.384. The predicted molar refractivity (Wildman–Crippen MR) is 87.8 cm³/mol. The van der Waals surface area contributed by atoms with Crippen molar-refractivity contribution in [3.05, 3.63) is 65.1 Å². The van der Waals surface area contributed by atoms with E-state index >= 15 is 0 Å². The second-order valence-corrected chi connectivity index (χ2v) is 5.09. The Morgan fingerprint density at radius 2 is 2.00 bits per heavy atom. The molecule has 23 heavy (non-hydrogen) atoms. The molecule has 2 heterocycles. The molecule has 0 saturated heterocycles. The molecule has 2 aromatic heterocycles. The minimum atomic E-state index is -0.428. The van der Waals surface area contributed by atoms with E-state index in [9.17, 15) is 10.1 Å². The van der Waals surface area contributed by atoms with Crippen molar-refractivity contribution in [2.75, 3.05) is 5.32 Å². The molecule has 0 aliphatic heterocycles. The summed E-state index contributed by atoms with van der Waals surface area (Å²) in [7, 11) is 0. The third kappa shape index (κ3) is 2.34. The minimum Gasteiger partial charge on any atom is -0.361 e. The van der Waals surface area contributed by atoms with Crippen LogP contribution in [0.5, 0.6) is 0 Å². The second kappa shape index (κ2) is 5.06. The highest BCUT2D eigenvalue weighted by Gasteiger charge is 2.11. The molecule has 0 unspecified atom stereocenters. The Hall–Kier alpha value is -3.48. The van der Waals surface area contributed by atoms with Crippen molar-refractivity contribution in [2.45, 2.75) is 0 Å². The molecule has 7 nitrogen and oxygen atoms in total. The average Bonchev–Trinajstić information content (AvgIpc) is 3.02. The van der Waals surface area contributed by atoms with Gasteiger partial charge in [0.2, 0.25) is 0 Å². The summed E-state index contributed by atoms with van der Waals surface area (Å²) in [4.78, 5) is 22.0. The quantitative estimate of drug-likeness (QED) is 0.443. The lowest BCUT2D eigenvalue weighted by atomic mass is 10.2. The van der Waals surface area contributed by atoms with Crippen LogP contribution in [-0.2, 0) is 0 Å². The molecule has 112 valence electrons. The van der Waals surface area contributed by atoms with Crippen LogP contribution in [0.4, 0.5) is 17.2 Å². The van der Waals surface area contributed by atoms with Crippen molar-refractivity contribution >= 4 is 39.0 Å². The fourth-order valence-corrected chi connectivity index (χ4v) is 2.53. The third-order valence-electron chi connectivity index (χ3n) is 3.65. The summed E-state index contributed by atoms with van der Waals surface area (Å²) in [6, 6.07) is 12.4. The highest BCUT2D eigenvalue weighted by Crippen LogP contribution is 2.27. The summed E-state index contributed by atoms with van der Waals surface area (Å²) < 4.78 is 0. The molecule has 0 aliphatic carbocycles. The van der Waals surface area contributed by atoms with E-state index in [0.717, 1.165) is 16.6 Å². The maximum Gasteiger partial charge on any atom is 0.270 e. The highest BCUT2D eigenvalue weighted by atomic mass is 16.6. The summed E-state index contributed by atoms with van der Waals surface area (Å²) in [5.41, 5.74) is 2.55. The third-order valence-corrected chi connectivity index (χ3v) is 3.65. The van der Waals surface area contributed by atoms with Crippen LogP contribution in [0.15, 0.2) is 55.0 Å². The number of nitrogens with one attached hydrogen (secondary N) is 2. The summed E-state index contributed by atoms with van der Waals surface area (Å²) >= 11 is 0. The fourth-order valence-electron chi connectivity index (χ4n) is 2.53. The lowest BCUT2D eigenvalue weighted by Crippen LogP contribution is -1.97. The number of H-pyrrole nitrogens is 1. The highest BCUT2D eigenvalue weighted by molar-refractivity contribution is 5.93. The van der Waals surface area contributed by atoms with Crippen LogP contribution in [0.1, 0.15) is 0 Å². The van der Waals surface area contributed by atoms with Crippen LogP contribution in [0.3, 0.4) is 0 Å². The van der Waals surface area contributed by atoms with E-state index < -0.39 is 4.92 Å². The van der Waals surface area contributed by atoms with Gasteiger partial charge in [0.25, 0.3) is 5.69 Å². The van der Waals surface area contributed by atoms with Crippen LogP contribution in [0.2, 0.25) is 0 Å². The van der Waals surface area contributed by atoms with Gasteiger partial charge < -0.3 is 10.3 Å². The smallest absolute Gasteiger partial charge is 0.270 e. The summed E-state index contributed by atoms with van der Waals surface area (Å²) in [6.45, 7) is 0. The van der Waals surface area contributed by atoms with Crippen molar-refractivity contribution in [3.63, 3.8) is 0 Å². The fraction of sp³-hybridized carbons (Fsp3) is 0.